The minimum absolute atomic E-state index is 0.243. The molecule has 0 radical (unpaired) electrons. The van der Waals surface area contributed by atoms with Gasteiger partial charge in [0.05, 0.1) is 32.7 Å². The molecule has 6 heteroatoms. The predicted octanol–water partition coefficient (Wildman–Crippen LogP) is 3.50. The first kappa shape index (κ1) is 21.0. The first-order chi connectivity index (χ1) is 12.5. The van der Waals surface area contributed by atoms with Crippen LogP contribution in [-0.2, 0) is 11.3 Å². The second kappa shape index (κ2) is 10.8. The topological polar surface area (TPSA) is 75.9 Å². The highest BCUT2D eigenvalue weighted by Gasteiger charge is 2.13. The van der Waals surface area contributed by atoms with Crippen LogP contribution in [0.1, 0.15) is 12.5 Å². The van der Waals surface area contributed by atoms with Crippen molar-refractivity contribution in [2.45, 2.75) is 13.5 Å². The largest absolute Gasteiger partial charge is 0.497 e. The Kier molecular flexibility index (Phi) is 8.70. The van der Waals surface area contributed by atoms with Gasteiger partial charge in [0.15, 0.2) is 5.76 Å². The number of hydrogen-bond acceptors (Lipinski definition) is 6. The van der Waals surface area contributed by atoms with Crippen LogP contribution in [0.2, 0.25) is 0 Å². The first-order valence-electron chi connectivity index (χ1n) is 8.08. The summed E-state index contributed by atoms with van der Waals surface area (Å²) in [6.07, 6.45) is 5.10. The summed E-state index contributed by atoms with van der Waals surface area (Å²) in [6, 6.07) is 5.62. The van der Waals surface area contributed by atoms with Gasteiger partial charge in [0.2, 0.25) is 0 Å². The monoisotopic (exact) mass is 357 g/mol. The Labute approximate surface area is 155 Å². The number of ether oxygens (including phenoxy) is 3. The molecule has 140 valence electrons. The molecule has 1 aromatic rings. The summed E-state index contributed by atoms with van der Waals surface area (Å²) < 4.78 is 16.1. The van der Waals surface area contributed by atoms with E-state index in [0.29, 0.717) is 29.3 Å². The number of rotatable bonds is 10. The number of nitrogens with one attached hydrogen (secondary N) is 2. The van der Waals surface area contributed by atoms with Gasteiger partial charge < -0.3 is 19.5 Å². The van der Waals surface area contributed by atoms with Crippen molar-refractivity contribution in [1.82, 2.24) is 5.32 Å². The molecule has 0 unspecified atom stereocenters. The summed E-state index contributed by atoms with van der Waals surface area (Å²) in [7, 11) is 6.40. The second-order valence-corrected chi connectivity index (χ2v) is 5.26. The molecule has 0 spiro atoms. The van der Waals surface area contributed by atoms with Crippen LogP contribution in [-0.4, -0.2) is 40.3 Å². The number of benzene rings is 1. The lowest BCUT2D eigenvalue weighted by Crippen LogP contribution is -2.18. The molecular formula is C20H27N3O3. The van der Waals surface area contributed by atoms with Crippen molar-refractivity contribution in [3.63, 3.8) is 0 Å². The van der Waals surface area contributed by atoms with Crippen molar-refractivity contribution in [3.8, 4) is 11.5 Å². The minimum Gasteiger partial charge on any atom is -0.497 e. The normalized spacial score (nSPS) is 12.0. The fraction of sp³-hybridized carbons (Fsp3) is 0.300. The highest BCUT2D eigenvalue weighted by molar-refractivity contribution is 6.37. The van der Waals surface area contributed by atoms with Gasteiger partial charge >= 0.3 is 0 Å². The smallest absolute Gasteiger partial charge is 0.150 e. The van der Waals surface area contributed by atoms with Gasteiger partial charge in [-0.05, 0) is 19.1 Å². The lowest BCUT2D eigenvalue weighted by atomic mass is 10.1. The SMILES string of the molecule is C=C(NCc1ccc(OC)cc1OC)/C(OC)=C(\C=C/C)C(=N)C=NC. The lowest BCUT2D eigenvalue weighted by Gasteiger charge is -2.17. The van der Waals surface area contributed by atoms with Crippen molar-refractivity contribution < 1.29 is 14.2 Å². The molecule has 6 nitrogen and oxygen atoms in total. The molecule has 0 amide bonds. The predicted molar refractivity (Wildman–Crippen MR) is 107 cm³/mol. The Morgan fingerprint density at radius 3 is 2.54 bits per heavy atom. The Morgan fingerprint density at radius 1 is 1.27 bits per heavy atom. The van der Waals surface area contributed by atoms with Crippen molar-refractivity contribution in [3.05, 3.63) is 59.5 Å². The molecule has 0 atom stereocenters. The average molecular weight is 357 g/mol. The Bertz CT molecular complexity index is 734. The maximum Gasteiger partial charge on any atom is 0.150 e. The number of allylic oxidation sites excluding steroid dienone is 3. The fourth-order valence-electron chi connectivity index (χ4n) is 2.33. The van der Waals surface area contributed by atoms with Crippen LogP contribution in [0.15, 0.2) is 59.0 Å². The van der Waals surface area contributed by atoms with Crippen molar-refractivity contribution in [1.29, 1.82) is 5.41 Å². The third-order valence-corrected chi connectivity index (χ3v) is 3.59. The molecule has 1 rings (SSSR count). The van der Waals surface area contributed by atoms with Gasteiger partial charge in [-0.3, -0.25) is 10.4 Å². The van der Waals surface area contributed by atoms with E-state index in [4.69, 9.17) is 19.6 Å². The highest BCUT2D eigenvalue weighted by atomic mass is 16.5. The van der Waals surface area contributed by atoms with Crippen LogP contribution in [0.5, 0.6) is 11.5 Å². The van der Waals surface area contributed by atoms with Crippen LogP contribution < -0.4 is 14.8 Å². The number of nitrogens with zero attached hydrogens (tertiary/aromatic N) is 1. The molecule has 0 bridgehead atoms. The van der Waals surface area contributed by atoms with E-state index in [-0.39, 0.29) is 5.71 Å². The Balaban J connectivity index is 3.06. The molecule has 0 aliphatic rings. The fourth-order valence-corrected chi connectivity index (χ4v) is 2.33. The van der Waals surface area contributed by atoms with Gasteiger partial charge in [0, 0.05) is 37.0 Å². The molecule has 2 N–H and O–H groups in total. The average Bonchev–Trinajstić information content (AvgIpc) is 2.66. The molecule has 0 saturated carbocycles. The molecular weight excluding hydrogens is 330 g/mol. The molecule has 0 saturated heterocycles. The van der Waals surface area contributed by atoms with Gasteiger partial charge in [-0.15, -0.1) is 0 Å². The summed E-state index contributed by atoms with van der Waals surface area (Å²) >= 11 is 0. The van der Waals surface area contributed by atoms with Crippen LogP contribution in [0.25, 0.3) is 0 Å². The standard InChI is InChI=1S/C20H27N3O3/c1-7-8-17(18(21)13-22-3)20(26-6)14(2)23-12-15-9-10-16(24-4)11-19(15)25-5/h7-11,13,21,23H,2,12H2,1,3-6H3/b8-7-,20-17-,21-18?,22-13?. The lowest BCUT2D eigenvalue weighted by molar-refractivity contribution is 0.294. The second-order valence-electron chi connectivity index (χ2n) is 5.26. The van der Waals surface area contributed by atoms with Gasteiger partial charge in [-0.25, -0.2) is 0 Å². The van der Waals surface area contributed by atoms with Crippen LogP contribution in [0.3, 0.4) is 0 Å². The molecule has 0 aromatic heterocycles. The van der Waals surface area contributed by atoms with Gasteiger partial charge in [0.25, 0.3) is 0 Å². The zero-order chi connectivity index (χ0) is 19.5. The summed E-state index contributed by atoms with van der Waals surface area (Å²) in [5.41, 5.74) is 2.35. The van der Waals surface area contributed by atoms with Crippen molar-refractivity contribution in [2.24, 2.45) is 4.99 Å². The zero-order valence-electron chi connectivity index (χ0n) is 16.1. The molecule has 0 aliphatic carbocycles. The number of aliphatic imine (C=N–C) groups is 1. The summed E-state index contributed by atoms with van der Waals surface area (Å²) in [5, 5.41) is 11.4. The third-order valence-electron chi connectivity index (χ3n) is 3.59. The van der Waals surface area contributed by atoms with Crippen LogP contribution >= 0.6 is 0 Å². The van der Waals surface area contributed by atoms with E-state index in [9.17, 15) is 0 Å². The zero-order valence-corrected chi connectivity index (χ0v) is 16.1. The maximum atomic E-state index is 8.14. The summed E-state index contributed by atoms with van der Waals surface area (Å²) in [5.74, 6) is 1.93. The van der Waals surface area contributed by atoms with Gasteiger partial charge in [-0.1, -0.05) is 18.7 Å². The Morgan fingerprint density at radius 2 is 2.00 bits per heavy atom. The van der Waals surface area contributed by atoms with E-state index in [2.05, 4.69) is 16.9 Å². The minimum atomic E-state index is 0.243. The van der Waals surface area contributed by atoms with Gasteiger partial charge in [0.1, 0.15) is 11.5 Å². The molecule has 0 fully saturated rings. The third kappa shape index (κ3) is 5.51. The van der Waals surface area contributed by atoms with Gasteiger partial charge in [-0.2, -0.15) is 0 Å². The van der Waals surface area contributed by atoms with E-state index < -0.39 is 0 Å². The summed E-state index contributed by atoms with van der Waals surface area (Å²) in [6.45, 7) is 6.40. The Hall–Kier alpha value is -3.02. The van der Waals surface area contributed by atoms with E-state index in [1.165, 1.54) is 6.21 Å². The van der Waals surface area contributed by atoms with Crippen molar-refractivity contribution >= 4 is 11.9 Å². The van der Waals surface area contributed by atoms with E-state index in [1.807, 2.05) is 31.2 Å². The maximum absolute atomic E-state index is 8.14. The van der Waals surface area contributed by atoms with Crippen LogP contribution in [0, 0.1) is 5.41 Å². The highest BCUT2D eigenvalue weighted by Crippen LogP contribution is 2.25. The molecule has 26 heavy (non-hydrogen) atoms. The first-order valence-corrected chi connectivity index (χ1v) is 8.08. The molecule has 0 heterocycles. The number of methoxy groups -OCH3 is 3. The van der Waals surface area contributed by atoms with E-state index in [0.717, 1.165) is 11.3 Å². The molecule has 0 aliphatic heterocycles. The van der Waals surface area contributed by atoms with E-state index in [1.54, 1.807) is 34.5 Å². The molecule has 1 aromatic carbocycles. The van der Waals surface area contributed by atoms with Crippen LogP contribution in [0.4, 0.5) is 0 Å². The number of hydrogen-bond donors (Lipinski definition) is 2. The van der Waals surface area contributed by atoms with Crippen molar-refractivity contribution in [2.75, 3.05) is 28.4 Å². The van der Waals surface area contributed by atoms with E-state index >= 15 is 0 Å². The quantitative estimate of drug-likeness (QED) is 0.382. The summed E-state index contributed by atoms with van der Waals surface area (Å²) in [4.78, 5) is 3.90.